The molecule has 2 aromatic carbocycles. The number of benzene rings is 2. The van der Waals surface area contributed by atoms with Crippen LogP contribution in [0.4, 0.5) is 0 Å². The van der Waals surface area contributed by atoms with Crippen molar-refractivity contribution < 1.29 is 21.1 Å². The van der Waals surface area contributed by atoms with Crippen LogP contribution in [-0.4, -0.2) is 0 Å². The van der Waals surface area contributed by atoms with Crippen molar-refractivity contribution in [2.75, 3.05) is 0 Å². The van der Waals surface area contributed by atoms with Gasteiger partial charge in [-0.2, -0.15) is 30.3 Å². The van der Waals surface area contributed by atoms with E-state index < -0.39 is 0 Å². The van der Waals surface area contributed by atoms with Crippen molar-refractivity contribution in [3.63, 3.8) is 0 Å². The fraction of sp³-hybridized carbons (Fsp3) is 0.200. The van der Waals surface area contributed by atoms with Crippen LogP contribution in [0.5, 0.6) is 5.75 Å². The summed E-state index contributed by atoms with van der Waals surface area (Å²) in [6, 6.07) is 17.1. The van der Waals surface area contributed by atoms with Crippen molar-refractivity contribution >= 4 is 13.6 Å². The minimum absolute atomic E-state index is 0.598. The van der Waals surface area contributed by atoms with E-state index in [0.717, 1.165) is 11.3 Å². The first-order valence-electron chi connectivity index (χ1n) is 5.67. The van der Waals surface area contributed by atoms with E-state index in [1.807, 2.05) is 30.3 Å². The van der Waals surface area contributed by atoms with Gasteiger partial charge in [0, 0.05) is 0 Å². The fourth-order valence-corrected chi connectivity index (χ4v) is 1.64. The van der Waals surface area contributed by atoms with Crippen molar-refractivity contribution in [3.8, 4) is 5.75 Å². The molecule has 0 bridgehead atoms. The fourth-order valence-electron chi connectivity index (χ4n) is 1.64. The number of ether oxygens (including phenoxy) is 1. The van der Waals surface area contributed by atoms with E-state index in [2.05, 4.69) is 45.7 Å². The SMILES string of the molecule is Cc1ccc(OCc2c[c-]ccc2)c(C)c1.[Zn+][Br]. The number of halogens is 1. The molecule has 1 nitrogen and oxygen atoms in total. The molecule has 0 heterocycles. The summed E-state index contributed by atoms with van der Waals surface area (Å²) < 4.78 is 5.76. The van der Waals surface area contributed by atoms with E-state index in [0.29, 0.717) is 6.61 Å². The number of rotatable bonds is 3. The monoisotopic (exact) mass is 354 g/mol. The Hall–Kier alpha value is -0.657. The van der Waals surface area contributed by atoms with E-state index in [1.54, 1.807) is 0 Å². The van der Waals surface area contributed by atoms with Crippen molar-refractivity contribution in [2.24, 2.45) is 0 Å². The molecule has 0 aromatic heterocycles. The molecule has 3 heteroatoms. The molecule has 0 atom stereocenters. The quantitative estimate of drug-likeness (QED) is 0.580. The van der Waals surface area contributed by atoms with Crippen molar-refractivity contribution in [3.05, 3.63) is 65.2 Å². The van der Waals surface area contributed by atoms with Gasteiger partial charge in [-0.05, 0) is 25.5 Å². The topological polar surface area (TPSA) is 9.23 Å². The molecule has 0 aliphatic heterocycles. The Morgan fingerprint density at radius 2 is 2.00 bits per heavy atom. The Labute approximate surface area is 126 Å². The van der Waals surface area contributed by atoms with Gasteiger partial charge in [0.05, 0.1) is 6.61 Å². The maximum absolute atomic E-state index is 5.76. The number of aryl methyl sites for hydroxylation is 2. The third-order valence-corrected chi connectivity index (χ3v) is 2.50. The molecule has 0 unspecified atom stereocenters. The zero-order chi connectivity index (χ0) is 13.4. The summed E-state index contributed by atoms with van der Waals surface area (Å²) >= 11 is 4.25. The molecule has 2 aromatic rings. The van der Waals surface area contributed by atoms with Crippen molar-refractivity contribution in [1.82, 2.24) is 0 Å². The van der Waals surface area contributed by atoms with Crippen LogP contribution in [0.3, 0.4) is 0 Å². The van der Waals surface area contributed by atoms with E-state index in [4.69, 9.17) is 4.74 Å². The van der Waals surface area contributed by atoms with Gasteiger partial charge in [0.25, 0.3) is 0 Å². The Morgan fingerprint density at radius 3 is 2.61 bits per heavy atom. The molecule has 0 saturated carbocycles. The molecule has 0 radical (unpaired) electrons. The Morgan fingerprint density at radius 1 is 1.22 bits per heavy atom. The van der Waals surface area contributed by atoms with Gasteiger partial charge in [-0.3, -0.25) is 0 Å². The number of hydrogen-bond acceptors (Lipinski definition) is 1. The molecule has 0 aliphatic rings. The first-order valence-corrected chi connectivity index (χ1v) is 12.6. The minimum atomic E-state index is 0.598. The van der Waals surface area contributed by atoms with E-state index in [-0.39, 0.29) is 0 Å². The molecule has 0 amide bonds. The summed E-state index contributed by atoms with van der Waals surface area (Å²) in [5.41, 5.74) is 3.58. The van der Waals surface area contributed by atoms with Gasteiger partial charge in [0.1, 0.15) is 5.75 Å². The first kappa shape index (κ1) is 15.4. The van der Waals surface area contributed by atoms with Gasteiger partial charge < -0.3 is 4.74 Å². The molecule has 0 saturated heterocycles. The van der Waals surface area contributed by atoms with Crippen LogP contribution in [0.1, 0.15) is 16.7 Å². The van der Waals surface area contributed by atoms with Gasteiger partial charge in [-0.25, -0.2) is 0 Å². The number of hydrogen-bond donors (Lipinski definition) is 0. The Kier molecular flexibility index (Phi) is 7.23. The van der Waals surface area contributed by atoms with Crippen LogP contribution in [-0.2, 0) is 22.9 Å². The molecule has 90 valence electrons. The van der Waals surface area contributed by atoms with Crippen molar-refractivity contribution in [2.45, 2.75) is 20.5 Å². The van der Waals surface area contributed by atoms with Gasteiger partial charge in [0.15, 0.2) is 0 Å². The summed E-state index contributed by atoms with van der Waals surface area (Å²) in [5.74, 6) is 0.953. The van der Waals surface area contributed by atoms with Gasteiger partial charge in [-0.15, -0.1) is 5.56 Å². The third kappa shape index (κ3) is 4.91. The van der Waals surface area contributed by atoms with E-state index in [9.17, 15) is 0 Å². The molecule has 0 aliphatic carbocycles. The average Bonchev–Trinajstić information content (AvgIpc) is 2.41. The van der Waals surface area contributed by atoms with Crippen molar-refractivity contribution in [1.29, 1.82) is 0 Å². The Bertz CT molecular complexity index is 471. The molecule has 18 heavy (non-hydrogen) atoms. The average molecular weight is 357 g/mol. The molecule has 2 rings (SSSR count). The summed E-state index contributed by atoms with van der Waals surface area (Å²) in [5, 5.41) is 0. The van der Waals surface area contributed by atoms with Crippen LogP contribution in [0.2, 0.25) is 0 Å². The molecule has 0 spiro atoms. The zero-order valence-electron chi connectivity index (χ0n) is 10.7. The van der Waals surface area contributed by atoms with Crippen LogP contribution in [0.25, 0.3) is 0 Å². The summed E-state index contributed by atoms with van der Waals surface area (Å²) in [7, 11) is 0. The standard InChI is InChI=1S/C15H15O.BrH.Zn/c1-12-8-9-15(13(2)10-12)16-11-14-6-4-3-5-7-14;;/h3-4,6-10H,11H2,1-2H3;1H;/q-1;;+2/p-1. The molecular formula is C15H15BrOZn. The van der Waals surface area contributed by atoms with Gasteiger partial charge in [-0.1, -0.05) is 17.7 Å². The predicted octanol–water partition coefficient (Wildman–Crippen LogP) is 4.53. The van der Waals surface area contributed by atoms with Gasteiger partial charge in [0.2, 0.25) is 0 Å². The third-order valence-electron chi connectivity index (χ3n) is 2.50. The van der Waals surface area contributed by atoms with Crippen LogP contribution >= 0.6 is 13.6 Å². The van der Waals surface area contributed by atoms with Crippen LogP contribution in [0.15, 0.2) is 42.5 Å². The maximum atomic E-state index is 5.76. The molecular weight excluding hydrogens is 341 g/mol. The van der Waals surface area contributed by atoms with E-state index in [1.165, 1.54) is 27.5 Å². The summed E-state index contributed by atoms with van der Waals surface area (Å²) in [6.07, 6.45) is 0. The summed E-state index contributed by atoms with van der Waals surface area (Å²) in [4.78, 5) is 0. The molecule has 0 N–H and O–H groups in total. The second-order valence-corrected chi connectivity index (χ2v) is 3.97. The van der Waals surface area contributed by atoms with Crippen LogP contribution in [0, 0.1) is 19.9 Å². The second-order valence-electron chi connectivity index (χ2n) is 3.97. The normalized spacial score (nSPS) is 9.39. The predicted molar refractivity (Wildman–Crippen MR) is 74.5 cm³/mol. The Balaban J connectivity index is 0.000000771. The van der Waals surface area contributed by atoms with Crippen LogP contribution < -0.4 is 4.74 Å². The summed E-state index contributed by atoms with van der Waals surface area (Å²) in [6.45, 7) is 4.75. The second kappa shape index (κ2) is 8.45. The van der Waals surface area contributed by atoms with E-state index >= 15 is 0 Å². The molecule has 0 fully saturated rings. The zero-order valence-corrected chi connectivity index (χ0v) is 15.3. The van der Waals surface area contributed by atoms with Gasteiger partial charge >= 0.3 is 30.0 Å². The first-order chi connectivity index (χ1) is 8.75.